The maximum absolute atomic E-state index is 12.1. The summed E-state index contributed by atoms with van der Waals surface area (Å²) in [6.07, 6.45) is 0. The maximum atomic E-state index is 12.1. The Morgan fingerprint density at radius 2 is 1.89 bits per heavy atom. The van der Waals surface area contributed by atoms with Crippen LogP contribution < -0.4 is 15.8 Å². The number of carbonyl (C=O) groups excluding carboxylic acids is 1. The average Bonchev–Trinajstić information content (AvgIpc) is 2.23. The highest BCUT2D eigenvalue weighted by Gasteiger charge is 2.16. The molecule has 1 atom stereocenters. The first-order chi connectivity index (χ1) is 8.31. The van der Waals surface area contributed by atoms with Crippen LogP contribution in [0.1, 0.15) is 6.92 Å². The van der Waals surface area contributed by atoms with Crippen LogP contribution in [0.4, 0.5) is 14.5 Å². The number of hydrogen-bond donors (Lipinski definition) is 2. The van der Waals surface area contributed by atoms with Gasteiger partial charge in [-0.2, -0.15) is 8.78 Å². The minimum atomic E-state index is -3.04. The summed E-state index contributed by atoms with van der Waals surface area (Å²) in [7, 11) is 0. The molecule has 100 valence electrons. The van der Waals surface area contributed by atoms with Gasteiger partial charge in [-0.05, 0) is 19.1 Å². The topological polar surface area (TPSA) is 64.4 Å². The van der Waals surface area contributed by atoms with Crippen LogP contribution in [-0.2, 0) is 4.79 Å². The van der Waals surface area contributed by atoms with E-state index in [0.29, 0.717) is 0 Å². The van der Waals surface area contributed by atoms with Crippen LogP contribution in [0.5, 0.6) is 5.75 Å². The first kappa shape index (κ1) is 14.9. The summed E-state index contributed by atoms with van der Waals surface area (Å²) in [5.74, 6) is -0.795. The molecule has 0 spiro atoms. The standard InChI is InChI=1S/C10H10Cl2F2N2O2/c1-4(15)9(17)16-5-2-6(11)8(7(12)3-5)18-10(13)14/h2-4,10H,15H2,1H3,(H,16,17)/t4-/m1/s1. The molecule has 0 radical (unpaired) electrons. The highest BCUT2D eigenvalue weighted by atomic mass is 35.5. The smallest absolute Gasteiger partial charge is 0.387 e. The molecule has 0 aliphatic rings. The monoisotopic (exact) mass is 298 g/mol. The van der Waals surface area contributed by atoms with E-state index in [1.165, 1.54) is 19.1 Å². The molecule has 0 aromatic heterocycles. The molecule has 4 nitrogen and oxygen atoms in total. The molecule has 0 bridgehead atoms. The van der Waals surface area contributed by atoms with E-state index in [1.54, 1.807) is 0 Å². The van der Waals surface area contributed by atoms with E-state index >= 15 is 0 Å². The molecular formula is C10H10Cl2F2N2O2. The molecule has 1 rings (SSSR count). The van der Waals surface area contributed by atoms with Gasteiger partial charge in [-0.15, -0.1) is 0 Å². The van der Waals surface area contributed by atoms with E-state index in [0.717, 1.165) is 0 Å². The number of nitrogens with one attached hydrogen (secondary N) is 1. The van der Waals surface area contributed by atoms with Gasteiger partial charge >= 0.3 is 6.61 Å². The van der Waals surface area contributed by atoms with Crippen LogP contribution in [0.15, 0.2) is 12.1 Å². The van der Waals surface area contributed by atoms with E-state index in [2.05, 4.69) is 10.1 Å². The molecule has 3 N–H and O–H groups in total. The molecule has 0 aliphatic carbocycles. The number of halogens is 4. The second-order valence-electron chi connectivity index (χ2n) is 3.43. The van der Waals surface area contributed by atoms with E-state index < -0.39 is 18.6 Å². The van der Waals surface area contributed by atoms with Crippen molar-refractivity contribution < 1.29 is 18.3 Å². The molecule has 1 aromatic rings. The Kier molecular flexibility index (Phi) is 5.13. The van der Waals surface area contributed by atoms with Crippen molar-refractivity contribution in [3.8, 4) is 5.75 Å². The van der Waals surface area contributed by atoms with Gasteiger partial charge in [0.25, 0.3) is 0 Å². The van der Waals surface area contributed by atoms with Crippen LogP contribution in [0, 0.1) is 0 Å². The van der Waals surface area contributed by atoms with Crippen LogP contribution in [0.2, 0.25) is 10.0 Å². The molecule has 0 unspecified atom stereocenters. The number of alkyl halides is 2. The third kappa shape index (κ3) is 3.97. The minimum Gasteiger partial charge on any atom is -0.432 e. The number of nitrogens with two attached hydrogens (primary N) is 1. The number of hydrogen-bond acceptors (Lipinski definition) is 3. The van der Waals surface area contributed by atoms with Crippen molar-refractivity contribution in [1.82, 2.24) is 0 Å². The Morgan fingerprint density at radius 1 is 1.39 bits per heavy atom. The third-order valence-electron chi connectivity index (χ3n) is 1.89. The Morgan fingerprint density at radius 3 is 2.28 bits per heavy atom. The summed E-state index contributed by atoms with van der Waals surface area (Å²) >= 11 is 11.4. The summed E-state index contributed by atoms with van der Waals surface area (Å²) in [5, 5.41) is 2.16. The fourth-order valence-electron chi connectivity index (χ4n) is 1.09. The molecule has 0 heterocycles. The minimum absolute atomic E-state index is 0.136. The predicted molar refractivity (Wildman–Crippen MR) is 65.4 cm³/mol. The van der Waals surface area contributed by atoms with Crippen molar-refractivity contribution in [2.75, 3.05) is 5.32 Å². The molecule has 1 amide bonds. The summed E-state index contributed by atoms with van der Waals surface area (Å²) in [5.41, 5.74) is 5.60. The second kappa shape index (κ2) is 6.17. The van der Waals surface area contributed by atoms with Crippen LogP contribution in [-0.4, -0.2) is 18.6 Å². The van der Waals surface area contributed by atoms with E-state index in [1.807, 2.05) is 0 Å². The first-order valence-electron chi connectivity index (χ1n) is 4.81. The molecule has 1 aromatic carbocycles. The highest BCUT2D eigenvalue weighted by molar-refractivity contribution is 6.37. The lowest BCUT2D eigenvalue weighted by molar-refractivity contribution is -0.117. The molecule has 0 saturated heterocycles. The third-order valence-corrected chi connectivity index (χ3v) is 2.45. The lowest BCUT2D eigenvalue weighted by Gasteiger charge is -2.12. The van der Waals surface area contributed by atoms with Crippen LogP contribution in [0.25, 0.3) is 0 Å². The molecular weight excluding hydrogens is 289 g/mol. The van der Waals surface area contributed by atoms with Gasteiger partial charge in [0, 0.05) is 5.69 Å². The van der Waals surface area contributed by atoms with E-state index in [-0.39, 0.29) is 21.5 Å². The van der Waals surface area contributed by atoms with Crippen molar-refractivity contribution in [2.24, 2.45) is 5.73 Å². The van der Waals surface area contributed by atoms with Gasteiger partial charge in [0.1, 0.15) is 0 Å². The summed E-state index contributed by atoms with van der Waals surface area (Å²) in [6.45, 7) is -1.54. The molecule has 18 heavy (non-hydrogen) atoms. The largest absolute Gasteiger partial charge is 0.432 e. The first-order valence-corrected chi connectivity index (χ1v) is 5.57. The molecule has 0 fully saturated rings. The number of rotatable bonds is 4. The van der Waals surface area contributed by atoms with Crippen molar-refractivity contribution in [2.45, 2.75) is 19.6 Å². The highest BCUT2D eigenvalue weighted by Crippen LogP contribution is 2.36. The summed E-state index contributed by atoms with van der Waals surface area (Å²) in [6, 6.07) is 1.76. The van der Waals surface area contributed by atoms with Gasteiger partial charge in [-0.25, -0.2) is 0 Å². The zero-order chi connectivity index (χ0) is 13.9. The number of ether oxygens (including phenoxy) is 1. The molecule has 0 aliphatic heterocycles. The quantitative estimate of drug-likeness (QED) is 0.898. The maximum Gasteiger partial charge on any atom is 0.387 e. The predicted octanol–water partition coefficient (Wildman–Crippen LogP) is 2.88. The van der Waals surface area contributed by atoms with Gasteiger partial charge in [0.2, 0.25) is 5.91 Å². The Labute approximate surface area is 112 Å². The van der Waals surface area contributed by atoms with Crippen molar-refractivity contribution >= 4 is 34.8 Å². The zero-order valence-electron chi connectivity index (χ0n) is 9.22. The number of anilines is 1. The zero-order valence-corrected chi connectivity index (χ0v) is 10.7. The van der Waals surface area contributed by atoms with Gasteiger partial charge in [0.15, 0.2) is 5.75 Å². The van der Waals surface area contributed by atoms with Gasteiger partial charge in [-0.3, -0.25) is 4.79 Å². The lowest BCUT2D eigenvalue weighted by Crippen LogP contribution is -2.32. The Balaban J connectivity index is 2.96. The lowest BCUT2D eigenvalue weighted by atomic mass is 10.2. The fraction of sp³-hybridized carbons (Fsp3) is 0.300. The van der Waals surface area contributed by atoms with Gasteiger partial charge < -0.3 is 15.8 Å². The van der Waals surface area contributed by atoms with Crippen molar-refractivity contribution in [3.05, 3.63) is 22.2 Å². The number of carbonyl (C=O) groups is 1. The van der Waals surface area contributed by atoms with Gasteiger partial charge in [-0.1, -0.05) is 23.2 Å². The van der Waals surface area contributed by atoms with Crippen LogP contribution in [0.3, 0.4) is 0 Å². The molecule has 8 heteroatoms. The summed E-state index contributed by atoms with van der Waals surface area (Å²) < 4.78 is 28.3. The Bertz CT molecular complexity index is 432. The normalized spacial score (nSPS) is 12.4. The Hall–Kier alpha value is -1.11. The summed E-state index contributed by atoms with van der Waals surface area (Å²) in [4.78, 5) is 11.3. The fourth-order valence-corrected chi connectivity index (χ4v) is 1.67. The van der Waals surface area contributed by atoms with E-state index in [4.69, 9.17) is 28.9 Å². The van der Waals surface area contributed by atoms with Crippen LogP contribution >= 0.6 is 23.2 Å². The second-order valence-corrected chi connectivity index (χ2v) is 4.24. The van der Waals surface area contributed by atoms with Crippen molar-refractivity contribution in [3.63, 3.8) is 0 Å². The average molecular weight is 299 g/mol. The van der Waals surface area contributed by atoms with Gasteiger partial charge in [0.05, 0.1) is 16.1 Å². The molecule has 0 saturated carbocycles. The van der Waals surface area contributed by atoms with E-state index in [9.17, 15) is 13.6 Å². The SMILES string of the molecule is C[C@@H](N)C(=O)Nc1cc(Cl)c(OC(F)F)c(Cl)c1. The van der Waals surface area contributed by atoms with Crippen molar-refractivity contribution in [1.29, 1.82) is 0 Å². The number of amides is 1. The number of benzene rings is 1.